The Balaban J connectivity index is 2.23. The van der Waals surface area contributed by atoms with E-state index in [0.717, 1.165) is 11.3 Å². The molecular formula is C13H19NO3S. The summed E-state index contributed by atoms with van der Waals surface area (Å²) in [4.78, 5) is 0. The van der Waals surface area contributed by atoms with Crippen LogP contribution in [-0.2, 0) is 9.84 Å². The van der Waals surface area contributed by atoms with Crippen LogP contribution in [0.5, 0.6) is 5.75 Å². The first kappa shape index (κ1) is 13.4. The molecule has 5 heteroatoms. The normalized spacial score (nSPS) is 26.9. The second-order valence-corrected chi connectivity index (χ2v) is 7.06. The Morgan fingerprint density at radius 3 is 2.33 bits per heavy atom. The lowest BCUT2D eigenvalue weighted by molar-refractivity contribution is 0.414. The van der Waals surface area contributed by atoms with Gasteiger partial charge in [0.2, 0.25) is 0 Å². The molecule has 0 heterocycles. The lowest BCUT2D eigenvalue weighted by atomic mass is 10.1. The Labute approximate surface area is 108 Å². The largest absolute Gasteiger partial charge is 0.497 e. The molecule has 1 saturated carbocycles. The summed E-state index contributed by atoms with van der Waals surface area (Å²) in [5, 5.41) is -0.305. The lowest BCUT2D eigenvalue weighted by Gasteiger charge is -2.03. The summed E-state index contributed by atoms with van der Waals surface area (Å²) in [5.41, 5.74) is 6.71. The molecule has 0 radical (unpaired) electrons. The zero-order valence-electron chi connectivity index (χ0n) is 10.7. The molecule has 3 unspecified atom stereocenters. The van der Waals surface area contributed by atoms with E-state index in [0.29, 0.717) is 6.54 Å². The van der Waals surface area contributed by atoms with E-state index in [-0.39, 0.29) is 22.8 Å². The number of rotatable bonds is 5. The first-order valence-electron chi connectivity index (χ1n) is 6.10. The minimum atomic E-state index is -3.01. The highest BCUT2D eigenvalue weighted by atomic mass is 32.2. The average molecular weight is 269 g/mol. The van der Waals surface area contributed by atoms with Gasteiger partial charge in [-0.15, -0.1) is 0 Å². The monoisotopic (exact) mass is 269 g/mol. The highest BCUT2D eigenvalue weighted by Gasteiger charge is 2.56. The zero-order valence-corrected chi connectivity index (χ0v) is 11.5. The fourth-order valence-electron chi connectivity index (χ4n) is 2.57. The van der Waals surface area contributed by atoms with Crippen LogP contribution in [0.3, 0.4) is 0 Å². The third kappa shape index (κ3) is 2.24. The van der Waals surface area contributed by atoms with Gasteiger partial charge >= 0.3 is 0 Å². The SMILES string of the molecule is CCS(=O)(=O)C1C(CN)C1c1ccc(OC)cc1. The van der Waals surface area contributed by atoms with Crippen molar-refractivity contribution < 1.29 is 13.2 Å². The second kappa shape index (κ2) is 4.90. The second-order valence-electron chi connectivity index (χ2n) is 4.61. The first-order chi connectivity index (χ1) is 8.55. The third-order valence-corrected chi connectivity index (χ3v) is 5.96. The number of ether oxygens (including phenoxy) is 1. The Hall–Kier alpha value is -1.07. The molecule has 2 N–H and O–H groups in total. The fourth-order valence-corrected chi connectivity index (χ4v) is 4.48. The van der Waals surface area contributed by atoms with Crippen LogP contribution < -0.4 is 10.5 Å². The number of benzene rings is 1. The number of nitrogens with two attached hydrogens (primary N) is 1. The molecule has 1 fully saturated rings. The van der Waals surface area contributed by atoms with Gasteiger partial charge in [-0.25, -0.2) is 8.42 Å². The topological polar surface area (TPSA) is 69.4 Å². The molecule has 1 aromatic rings. The van der Waals surface area contributed by atoms with Gasteiger partial charge in [0.1, 0.15) is 5.75 Å². The fraction of sp³-hybridized carbons (Fsp3) is 0.538. The van der Waals surface area contributed by atoms with Crippen LogP contribution in [0.4, 0.5) is 0 Å². The van der Waals surface area contributed by atoms with Crippen LogP contribution in [0, 0.1) is 5.92 Å². The number of hydrogen-bond acceptors (Lipinski definition) is 4. The van der Waals surface area contributed by atoms with Crippen LogP contribution in [-0.4, -0.2) is 33.1 Å². The molecule has 2 rings (SSSR count). The Bertz CT molecular complexity index is 510. The maximum absolute atomic E-state index is 12.0. The maximum atomic E-state index is 12.0. The molecule has 1 aliphatic carbocycles. The summed E-state index contributed by atoms with van der Waals surface area (Å²) in [6.45, 7) is 2.10. The first-order valence-corrected chi connectivity index (χ1v) is 7.82. The van der Waals surface area contributed by atoms with E-state index in [1.807, 2.05) is 24.3 Å². The number of hydrogen-bond donors (Lipinski definition) is 1. The van der Waals surface area contributed by atoms with Crippen molar-refractivity contribution in [2.45, 2.75) is 18.1 Å². The van der Waals surface area contributed by atoms with Crippen molar-refractivity contribution in [2.24, 2.45) is 11.7 Å². The van der Waals surface area contributed by atoms with Crippen LogP contribution in [0.25, 0.3) is 0 Å². The summed E-state index contributed by atoms with van der Waals surface area (Å²) in [7, 11) is -1.40. The van der Waals surface area contributed by atoms with Crippen molar-refractivity contribution in [3.63, 3.8) is 0 Å². The van der Waals surface area contributed by atoms with E-state index in [2.05, 4.69) is 0 Å². The van der Waals surface area contributed by atoms with E-state index >= 15 is 0 Å². The lowest BCUT2D eigenvalue weighted by Crippen LogP contribution is -2.15. The van der Waals surface area contributed by atoms with Gasteiger partial charge in [0.05, 0.1) is 12.4 Å². The van der Waals surface area contributed by atoms with Gasteiger partial charge in [-0.2, -0.15) is 0 Å². The van der Waals surface area contributed by atoms with Gasteiger partial charge in [0.25, 0.3) is 0 Å². The zero-order chi connectivity index (χ0) is 13.3. The average Bonchev–Trinajstić information content (AvgIpc) is 3.14. The van der Waals surface area contributed by atoms with Crippen molar-refractivity contribution in [3.05, 3.63) is 29.8 Å². The smallest absolute Gasteiger partial charge is 0.153 e. The number of methoxy groups -OCH3 is 1. The predicted molar refractivity (Wildman–Crippen MR) is 71.5 cm³/mol. The maximum Gasteiger partial charge on any atom is 0.153 e. The molecule has 0 spiro atoms. The molecular weight excluding hydrogens is 250 g/mol. The van der Waals surface area contributed by atoms with E-state index in [1.165, 1.54) is 0 Å². The van der Waals surface area contributed by atoms with Gasteiger partial charge in [-0.1, -0.05) is 19.1 Å². The van der Waals surface area contributed by atoms with Gasteiger partial charge in [-0.3, -0.25) is 0 Å². The molecule has 3 atom stereocenters. The standard InChI is InChI=1S/C13H19NO3S/c1-3-18(15,16)13-11(8-14)12(13)9-4-6-10(17-2)7-5-9/h4-7,11-13H,3,8,14H2,1-2H3. The molecule has 0 aromatic heterocycles. The van der Waals surface area contributed by atoms with Gasteiger partial charge < -0.3 is 10.5 Å². The van der Waals surface area contributed by atoms with Crippen LogP contribution in [0.15, 0.2) is 24.3 Å². The molecule has 1 aliphatic rings. The minimum absolute atomic E-state index is 0.0471. The summed E-state index contributed by atoms with van der Waals surface area (Å²) in [6.07, 6.45) is 0. The van der Waals surface area contributed by atoms with E-state index in [1.54, 1.807) is 14.0 Å². The molecule has 1 aromatic carbocycles. The number of sulfone groups is 1. The Morgan fingerprint density at radius 2 is 1.89 bits per heavy atom. The third-order valence-electron chi connectivity index (χ3n) is 3.69. The summed E-state index contributed by atoms with van der Waals surface area (Å²) in [6, 6.07) is 7.57. The van der Waals surface area contributed by atoms with E-state index < -0.39 is 9.84 Å². The predicted octanol–water partition coefficient (Wildman–Crippen LogP) is 1.17. The Kier molecular flexibility index (Phi) is 3.64. The van der Waals surface area contributed by atoms with E-state index in [9.17, 15) is 8.42 Å². The van der Waals surface area contributed by atoms with Gasteiger partial charge in [0, 0.05) is 11.7 Å². The summed E-state index contributed by atoms with van der Waals surface area (Å²) in [5.74, 6) is 1.06. The highest BCUT2D eigenvalue weighted by molar-refractivity contribution is 7.92. The molecule has 18 heavy (non-hydrogen) atoms. The molecule has 0 aliphatic heterocycles. The van der Waals surface area contributed by atoms with Crippen molar-refractivity contribution in [1.29, 1.82) is 0 Å². The highest BCUT2D eigenvalue weighted by Crippen LogP contribution is 2.52. The van der Waals surface area contributed by atoms with Crippen LogP contribution >= 0.6 is 0 Å². The van der Waals surface area contributed by atoms with E-state index in [4.69, 9.17) is 10.5 Å². The van der Waals surface area contributed by atoms with Crippen molar-refractivity contribution in [3.8, 4) is 5.75 Å². The molecule has 100 valence electrons. The van der Waals surface area contributed by atoms with Crippen molar-refractivity contribution >= 4 is 9.84 Å². The quantitative estimate of drug-likeness (QED) is 0.871. The molecule has 0 saturated heterocycles. The Morgan fingerprint density at radius 1 is 1.28 bits per heavy atom. The van der Waals surface area contributed by atoms with Gasteiger partial charge in [-0.05, 0) is 30.2 Å². The van der Waals surface area contributed by atoms with Crippen LogP contribution in [0.2, 0.25) is 0 Å². The van der Waals surface area contributed by atoms with Crippen LogP contribution in [0.1, 0.15) is 18.4 Å². The summed E-state index contributed by atoms with van der Waals surface area (Å²) >= 11 is 0. The van der Waals surface area contributed by atoms with Crippen molar-refractivity contribution in [1.82, 2.24) is 0 Å². The molecule has 0 bridgehead atoms. The minimum Gasteiger partial charge on any atom is -0.497 e. The molecule has 0 amide bonds. The van der Waals surface area contributed by atoms with Crippen molar-refractivity contribution in [2.75, 3.05) is 19.4 Å². The molecule has 4 nitrogen and oxygen atoms in total. The summed E-state index contributed by atoms with van der Waals surface area (Å²) < 4.78 is 29.0. The van der Waals surface area contributed by atoms with Gasteiger partial charge in [0.15, 0.2) is 9.84 Å².